The van der Waals surface area contributed by atoms with Crippen LogP contribution in [0.2, 0.25) is 0 Å². The number of β-lactam (4-membered cyclic amide) rings is 1. The molecule has 2 aliphatic heterocycles. The quantitative estimate of drug-likeness (QED) is 0.561. The molecule has 0 aromatic rings. The second-order valence-electron chi connectivity index (χ2n) is 5.53. The van der Waals surface area contributed by atoms with Gasteiger partial charge in [-0.05, 0) is 33.6 Å². The summed E-state index contributed by atoms with van der Waals surface area (Å²) in [4.78, 5) is 25.1. The number of carbonyl (C=O) groups excluding carboxylic acids is 2. The predicted octanol–water partition coefficient (Wildman–Crippen LogP) is -1.04. The van der Waals surface area contributed by atoms with Gasteiger partial charge in [-0.25, -0.2) is 0 Å². The number of carbonyl (C=O) groups is 2. The lowest BCUT2D eigenvalue weighted by Gasteiger charge is -2.56. The van der Waals surface area contributed by atoms with Crippen molar-refractivity contribution in [2.75, 3.05) is 0 Å². The second-order valence-corrected chi connectivity index (χ2v) is 5.53. The average molecular weight is 255 g/mol. The highest BCUT2D eigenvalue weighted by Gasteiger charge is 2.63. The molecule has 5 atom stereocenters. The summed E-state index contributed by atoms with van der Waals surface area (Å²) >= 11 is 0. The standard InChI is InChI=1S/C12H21N3O3/c1-6-4-5-12(14-6)8(3)15(11(12)18)9(7(2)16)10(13)17/h6-9,14,16H,4-5H2,1-3H3,(H2,13,17)/t6?,7-,8?,9+,12?/m1/s1. The Balaban J connectivity index is 2.20. The summed E-state index contributed by atoms with van der Waals surface area (Å²) in [7, 11) is 0. The molecule has 0 aliphatic carbocycles. The van der Waals surface area contributed by atoms with Crippen LogP contribution in [0.5, 0.6) is 0 Å². The number of rotatable bonds is 3. The fraction of sp³-hybridized carbons (Fsp3) is 0.833. The molecule has 4 N–H and O–H groups in total. The maximum absolute atomic E-state index is 12.3. The Morgan fingerprint density at radius 1 is 1.61 bits per heavy atom. The molecule has 0 aromatic carbocycles. The number of primary amides is 1. The number of nitrogens with one attached hydrogen (secondary N) is 1. The Bertz CT molecular complexity index is 385. The molecule has 2 fully saturated rings. The van der Waals surface area contributed by atoms with Crippen molar-refractivity contribution in [3.63, 3.8) is 0 Å². The van der Waals surface area contributed by atoms with Crippen LogP contribution in [0.3, 0.4) is 0 Å². The van der Waals surface area contributed by atoms with Crippen molar-refractivity contribution in [1.29, 1.82) is 0 Å². The van der Waals surface area contributed by atoms with E-state index in [1.165, 1.54) is 11.8 Å². The number of aliphatic hydroxyl groups excluding tert-OH is 1. The molecule has 18 heavy (non-hydrogen) atoms. The van der Waals surface area contributed by atoms with E-state index in [9.17, 15) is 14.7 Å². The van der Waals surface area contributed by atoms with Crippen LogP contribution in [0.1, 0.15) is 33.6 Å². The van der Waals surface area contributed by atoms with Crippen LogP contribution in [0.4, 0.5) is 0 Å². The van der Waals surface area contributed by atoms with Gasteiger partial charge in [0.15, 0.2) is 0 Å². The molecule has 2 saturated heterocycles. The minimum absolute atomic E-state index is 0.121. The molecule has 0 aromatic heterocycles. The predicted molar refractivity (Wildman–Crippen MR) is 65.5 cm³/mol. The molecule has 6 heteroatoms. The first-order chi connectivity index (χ1) is 8.31. The van der Waals surface area contributed by atoms with Gasteiger partial charge in [-0.15, -0.1) is 0 Å². The molecule has 2 amide bonds. The van der Waals surface area contributed by atoms with E-state index >= 15 is 0 Å². The van der Waals surface area contributed by atoms with E-state index < -0.39 is 23.6 Å². The highest BCUT2D eigenvalue weighted by molar-refractivity contribution is 5.98. The minimum atomic E-state index is -0.954. The number of nitrogens with two attached hydrogens (primary N) is 1. The van der Waals surface area contributed by atoms with Gasteiger partial charge < -0.3 is 15.7 Å². The van der Waals surface area contributed by atoms with Crippen LogP contribution in [-0.2, 0) is 9.59 Å². The van der Waals surface area contributed by atoms with E-state index in [-0.39, 0.29) is 11.9 Å². The third-order valence-corrected chi connectivity index (χ3v) is 4.27. The van der Waals surface area contributed by atoms with Gasteiger partial charge in [0.25, 0.3) is 0 Å². The van der Waals surface area contributed by atoms with Crippen molar-refractivity contribution >= 4 is 11.8 Å². The van der Waals surface area contributed by atoms with Gasteiger partial charge in [0.2, 0.25) is 11.8 Å². The second kappa shape index (κ2) is 4.20. The Morgan fingerprint density at radius 2 is 2.22 bits per heavy atom. The minimum Gasteiger partial charge on any atom is -0.391 e. The van der Waals surface area contributed by atoms with E-state index in [4.69, 9.17) is 5.73 Å². The van der Waals surface area contributed by atoms with E-state index in [0.717, 1.165) is 12.8 Å². The molecule has 6 nitrogen and oxygen atoms in total. The Morgan fingerprint density at radius 3 is 2.56 bits per heavy atom. The van der Waals surface area contributed by atoms with Crippen LogP contribution in [0, 0.1) is 0 Å². The molecule has 2 rings (SSSR count). The van der Waals surface area contributed by atoms with Crippen molar-refractivity contribution in [3.05, 3.63) is 0 Å². The van der Waals surface area contributed by atoms with Crippen LogP contribution in [0.15, 0.2) is 0 Å². The molecular formula is C12H21N3O3. The van der Waals surface area contributed by atoms with E-state index in [1.807, 2.05) is 13.8 Å². The topological polar surface area (TPSA) is 95.7 Å². The van der Waals surface area contributed by atoms with Gasteiger partial charge in [-0.2, -0.15) is 0 Å². The van der Waals surface area contributed by atoms with Crippen LogP contribution in [0.25, 0.3) is 0 Å². The first-order valence-corrected chi connectivity index (χ1v) is 6.39. The zero-order valence-corrected chi connectivity index (χ0v) is 11.0. The molecule has 2 aliphatic rings. The van der Waals surface area contributed by atoms with Crippen molar-refractivity contribution < 1.29 is 14.7 Å². The maximum Gasteiger partial charge on any atom is 0.246 e. The zero-order chi connectivity index (χ0) is 13.7. The van der Waals surface area contributed by atoms with Crippen LogP contribution < -0.4 is 11.1 Å². The molecule has 0 saturated carbocycles. The number of aliphatic hydroxyl groups is 1. The van der Waals surface area contributed by atoms with Crippen molar-refractivity contribution in [3.8, 4) is 0 Å². The number of hydrogen-bond acceptors (Lipinski definition) is 4. The Hall–Kier alpha value is -1.14. The lowest BCUT2D eigenvalue weighted by molar-refractivity contribution is -0.173. The average Bonchev–Trinajstić information content (AvgIpc) is 2.68. The smallest absolute Gasteiger partial charge is 0.246 e. The van der Waals surface area contributed by atoms with Gasteiger partial charge in [-0.1, -0.05) is 0 Å². The van der Waals surface area contributed by atoms with E-state index in [2.05, 4.69) is 5.32 Å². The van der Waals surface area contributed by atoms with Crippen LogP contribution in [-0.4, -0.2) is 51.6 Å². The molecule has 0 radical (unpaired) electrons. The summed E-state index contributed by atoms with van der Waals surface area (Å²) in [6.07, 6.45) is 0.764. The molecule has 1 spiro atoms. The summed E-state index contributed by atoms with van der Waals surface area (Å²) in [5.74, 6) is -0.782. The highest BCUT2D eigenvalue weighted by atomic mass is 16.3. The van der Waals surface area contributed by atoms with Gasteiger partial charge in [0, 0.05) is 6.04 Å². The van der Waals surface area contributed by atoms with Gasteiger partial charge >= 0.3 is 0 Å². The lowest BCUT2D eigenvalue weighted by atomic mass is 9.76. The van der Waals surface area contributed by atoms with Crippen molar-refractivity contribution in [2.45, 2.75) is 63.4 Å². The summed E-state index contributed by atoms with van der Waals surface area (Å²) in [5.41, 5.74) is 4.72. The maximum atomic E-state index is 12.3. The van der Waals surface area contributed by atoms with E-state index in [0.29, 0.717) is 6.04 Å². The third kappa shape index (κ3) is 1.63. The fourth-order valence-electron chi connectivity index (χ4n) is 3.26. The zero-order valence-electron chi connectivity index (χ0n) is 11.0. The van der Waals surface area contributed by atoms with Gasteiger partial charge in [0.05, 0.1) is 12.1 Å². The summed E-state index contributed by atoms with van der Waals surface area (Å²) in [6, 6.07) is -0.755. The van der Waals surface area contributed by atoms with E-state index in [1.54, 1.807) is 0 Å². The first-order valence-electron chi connectivity index (χ1n) is 6.39. The molecule has 3 unspecified atom stereocenters. The molecule has 0 bridgehead atoms. The number of likely N-dealkylation sites (tertiary alicyclic amines) is 1. The monoisotopic (exact) mass is 255 g/mol. The first kappa shape index (κ1) is 13.3. The van der Waals surface area contributed by atoms with Gasteiger partial charge in [0.1, 0.15) is 11.6 Å². The largest absolute Gasteiger partial charge is 0.391 e. The summed E-state index contributed by atoms with van der Waals surface area (Å²) in [5, 5.41) is 12.9. The highest BCUT2D eigenvalue weighted by Crippen LogP contribution is 2.41. The molecular weight excluding hydrogens is 234 g/mol. The normalized spacial score (nSPS) is 38.7. The number of hydrogen-bond donors (Lipinski definition) is 3. The lowest BCUT2D eigenvalue weighted by Crippen LogP contribution is -2.81. The molecule has 2 heterocycles. The Labute approximate surface area is 107 Å². The Kier molecular flexibility index (Phi) is 3.11. The fourth-order valence-corrected chi connectivity index (χ4v) is 3.26. The SMILES string of the molecule is CC1CCC2(N1)C(=O)N([C@H](C(N)=O)[C@@H](C)O)C2C. The summed E-state index contributed by atoms with van der Waals surface area (Å²) in [6.45, 7) is 5.41. The summed E-state index contributed by atoms with van der Waals surface area (Å²) < 4.78 is 0. The third-order valence-electron chi connectivity index (χ3n) is 4.27. The van der Waals surface area contributed by atoms with Crippen LogP contribution >= 0.6 is 0 Å². The van der Waals surface area contributed by atoms with Crippen molar-refractivity contribution in [2.24, 2.45) is 5.73 Å². The van der Waals surface area contributed by atoms with Gasteiger partial charge in [-0.3, -0.25) is 14.9 Å². The van der Waals surface area contributed by atoms with Crippen molar-refractivity contribution in [1.82, 2.24) is 10.2 Å². The molecule has 102 valence electrons. The number of nitrogens with zero attached hydrogens (tertiary/aromatic N) is 1. The number of amides is 2.